The fourth-order valence-corrected chi connectivity index (χ4v) is 4.06. The minimum atomic E-state index is 0.705. The van der Waals surface area contributed by atoms with Crippen LogP contribution in [0.5, 0.6) is 0 Å². The average Bonchev–Trinajstić information content (AvgIpc) is 3.19. The highest BCUT2D eigenvalue weighted by Gasteiger charge is 2.21. The highest BCUT2D eigenvalue weighted by molar-refractivity contribution is 5.64. The largest absolute Gasteiger partial charge is 0.340 e. The maximum atomic E-state index is 4.75. The van der Waals surface area contributed by atoms with Crippen molar-refractivity contribution in [2.75, 3.05) is 5.32 Å². The van der Waals surface area contributed by atoms with E-state index < -0.39 is 0 Å². The van der Waals surface area contributed by atoms with E-state index in [1.807, 2.05) is 11.4 Å². The summed E-state index contributed by atoms with van der Waals surface area (Å²) in [6, 6.07) is 6.76. The highest BCUT2D eigenvalue weighted by Crippen LogP contribution is 2.31. The van der Waals surface area contributed by atoms with Gasteiger partial charge < -0.3 is 5.32 Å². The lowest BCUT2D eigenvalue weighted by Crippen LogP contribution is -2.13. The zero-order chi connectivity index (χ0) is 16.1. The molecule has 0 spiro atoms. The van der Waals surface area contributed by atoms with E-state index in [1.54, 1.807) is 0 Å². The third-order valence-electron chi connectivity index (χ3n) is 5.23. The van der Waals surface area contributed by atoms with Crippen LogP contribution in [0.4, 0.5) is 11.5 Å². The van der Waals surface area contributed by atoms with E-state index in [9.17, 15) is 0 Å². The second-order valence-electron chi connectivity index (χ2n) is 6.93. The standard InChI is InChI=1S/C19H21N5/c1-12-20-19-22-17-8-3-2-7-16(17)18(24(19)23-12)21-15-10-9-13-5-4-6-14(13)11-15/h9-11,21H,2-8H2,1H3. The number of hydrogen-bond donors (Lipinski definition) is 1. The molecule has 0 unspecified atom stereocenters. The molecule has 24 heavy (non-hydrogen) atoms. The molecule has 1 N–H and O–H groups in total. The van der Waals surface area contributed by atoms with Crippen molar-refractivity contribution in [1.82, 2.24) is 19.6 Å². The van der Waals surface area contributed by atoms with E-state index in [4.69, 9.17) is 4.98 Å². The summed E-state index contributed by atoms with van der Waals surface area (Å²) in [5.74, 6) is 2.52. The Morgan fingerprint density at radius 1 is 0.958 bits per heavy atom. The number of hydrogen-bond acceptors (Lipinski definition) is 4. The summed E-state index contributed by atoms with van der Waals surface area (Å²) in [5, 5.41) is 8.21. The zero-order valence-corrected chi connectivity index (χ0v) is 14.0. The van der Waals surface area contributed by atoms with Gasteiger partial charge in [0.25, 0.3) is 5.78 Å². The summed E-state index contributed by atoms with van der Waals surface area (Å²) >= 11 is 0. The van der Waals surface area contributed by atoms with Crippen molar-refractivity contribution in [2.45, 2.75) is 51.9 Å². The Balaban J connectivity index is 1.65. The first-order valence-electron chi connectivity index (χ1n) is 8.92. The number of nitrogens with one attached hydrogen (secondary N) is 1. The summed E-state index contributed by atoms with van der Waals surface area (Å²) in [6.07, 6.45) is 8.20. The molecule has 3 aromatic rings. The second kappa shape index (κ2) is 5.30. The number of benzene rings is 1. The molecule has 0 saturated carbocycles. The van der Waals surface area contributed by atoms with E-state index in [1.165, 1.54) is 54.5 Å². The fourth-order valence-electron chi connectivity index (χ4n) is 4.06. The quantitative estimate of drug-likeness (QED) is 0.785. The number of aryl methyl sites for hydroxylation is 4. The topological polar surface area (TPSA) is 55.1 Å². The van der Waals surface area contributed by atoms with Gasteiger partial charge in [0.2, 0.25) is 0 Å². The molecule has 0 fully saturated rings. The first-order valence-corrected chi connectivity index (χ1v) is 8.92. The van der Waals surface area contributed by atoms with Crippen LogP contribution in [0.1, 0.15) is 47.5 Å². The lowest BCUT2D eigenvalue weighted by Gasteiger charge is -2.20. The van der Waals surface area contributed by atoms with Crippen molar-refractivity contribution in [3.63, 3.8) is 0 Å². The van der Waals surface area contributed by atoms with Crippen molar-refractivity contribution >= 4 is 17.3 Å². The molecule has 2 aliphatic rings. The Morgan fingerprint density at radius 3 is 2.79 bits per heavy atom. The van der Waals surface area contributed by atoms with Crippen LogP contribution in [0, 0.1) is 6.92 Å². The summed E-state index contributed by atoms with van der Waals surface area (Å²) < 4.78 is 1.88. The van der Waals surface area contributed by atoms with Crippen molar-refractivity contribution in [1.29, 1.82) is 0 Å². The number of rotatable bonds is 2. The molecule has 2 aromatic heterocycles. The predicted octanol–water partition coefficient (Wildman–Crippen LogP) is 3.54. The van der Waals surface area contributed by atoms with Crippen LogP contribution >= 0.6 is 0 Å². The molecule has 0 radical (unpaired) electrons. The average molecular weight is 319 g/mol. The Hall–Kier alpha value is -2.43. The van der Waals surface area contributed by atoms with Crippen molar-refractivity contribution < 1.29 is 0 Å². The molecule has 0 amide bonds. The summed E-state index contributed by atoms with van der Waals surface area (Å²) in [6.45, 7) is 1.92. The maximum Gasteiger partial charge on any atom is 0.254 e. The molecular weight excluding hydrogens is 298 g/mol. The van der Waals surface area contributed by atoms with Gasteiger partial charge in [0, 0.05) is 11.3 Å². The molecule has 5 heteroatoms. The van der Waals surface area contributed by atoms with Crippen molar-refractivity contribution in [2.24, 2.45) is 0 Å². The smallest absolute Gasteiger partial charge is 0.254 e. The monoisotopic (exact) mass is 319 g/mol. The van der Waals surface area contributed by atoms with Crippen LogP contribution in [0.3, 0.4) is 0 Å². The minimum Gasteiger partial charge on any atom is -0.340 e. The van der Waals surface area contributed by atoms with Gasteiger partial charge in [-0.05, 0) is 75.1 Å². The van der Waals surface area contributed by atoms with Gasteiger partial charge in [0.05, 0.1) is 5.69 Å². The lowest BCUT2D eigenvalue weighted by atomic mass is 9.96. The molecule has 0 bridgehead atoms. The van der Waals surface area contributed by atoms with Gasteiger partial charge >= 0.3 is 0 Å². The van der Waals surface area contributed by atoms with E-state index in [0.29, 0.717) is 5.78 Å². The molecule has 1 aromatic carbocycles. The molecule has 2 aliphatic carbocycles. The minimum absolute atomic E-state index is 0.705. The number of nitrogens with zero attached hydrogens (tertiary/aromatic N) is 4. The zero-order valence-electron chi connectivity index (χ0n) is 14.0. The molecule has 0 atom stereocenters. The lowest BCUT2D eigenvalue weighted by molar-refractivity contribution is 0.662. The summed E-state index contributed by atoms with van der Waals surface area (Å²) in [5.41, 5.74) is 6.61. The Bertz CT molecular complexity index is 941. The van der Waals surface area contributed by atoms with E-state index in [0.717, 1.165) is 30.2 Å². The van der Waals surface area contributed by atoms with Gasteiger partial charge in [0.1, 0.15) is 11.6 Å². The molecular formula is C19H21N5. The first kappa shape index (κ1) is 14.0. The van der Waals surface area contributed by atoms with Gasteiger partial charge in [-0.3, -0.25) is 0 Å². The first-order chi connectivity index (χ1) is 11.8. The van der Waals surface area contributed by atoms with Crippen molar-refractivity contribution in [3.8, 4) is 0 Å². The van der Waals surface area contributed by atoms with E-state index in [-0.39, 0.29) is 0 Å². The number of anilines is 2. The van der Waals surface area contributed by atoms with Crippen LogP contribution in [-0.2, 0) is 25.7 Å². The second-order valence-corrected chi connectivity index (χ2v) is 6.93. The fraction of sp³-hybridized carbons (Fsp3) is 0.421. The third kappa shape index (κ3) is 2.19. The molecule has 0 saturated heterocycles. The molecule has 0 aliphatic heterocycles. The normalized spacial score (nSPS) is 16.2. The van der Waals surface area contributed by atoms with E-state index in [2.05, 4.69) is 33.6 Å². The molecule has 2 heterocycles. The SMILES string of the molecule is Cc1nc2nc3c(c(Nc4ccc5c(c4)CCC5)n2n1)CCCC3. The number of aromatic nitrogens is 4. The van der Waals surface area contributed by atoms with Crippen LogP contribution in [0.25, 0.3) is 5.78 Å². The van der Waals surface area contributed by atoms with Gasteiger partial charge in [-0.2, -0.15) is 9.50 Å². The highest BCUT2D eigenvalue weighted by atomic mass is 15.4. The Morgan fingerprint density at radius 2 is 1.83 bits per heavy atom. The molecule has 122 valence electrons. The van der Waals surface area contributed by atoms with Gasteiger partial charge in [-0.1, -0.05) is 6.07 Å². The third-order valence-corrected chi connectivity index (χ3v) is 5.23. The number of fused-ring (bicyclic) bond motifs is 3. The van der Waals surface area contributed by atoms with Gasteiger partial charge in [-0.15, -0.1) is 5.10 Å². The van der Waals surface area contributed by atoms with Gasteiger partial charge in [-0.25, -0.2) is 4.98 Å². The molecule has 5 nitrogen and oxygen atoms in total. The van der Waals surface area contributed by atoms with Crippen LogP contribution < -0.4 is 5.32 Å². The van der Waals surface area contributed by atoms with E-state index >= 15 is 0 Å². The predicted molar refractivity (Wildman–Crippen MR) is 93.9 cm³/mol. The maximum absolute atomic E-state index is 4.75. The summed E-state index contributed by atoms with van der Waals surface area (Å²) in [7, 11) is 0. The van der Waals surface area contributed by atoms with Crippen LogP contribution in [0.2, 0.25) is 0 Å². The van der Waals surface area contributed by atoms with Crippen LogP contribution in [-0.4, -0.2) is 19.6 Å². The summed E-state index contributed by atoms with van der Waals surface area (Å²) in [4.78, 5) is 9.23. The molecule has 5 rings (SSSR count). The Labute approximate surface area is 141 Å². The van der Waals surface area contributed by atoms with Gasteiger partial charge in [0.15, 0.2) is 0 Å². The Kier molecular flexibility index (Phi) is 3.08. The van der Waals surface area contributed by atoms with Crippen molar-refractivity contribution in [3.05, 3.63) is 46.4 Å². The van der Waals surface area contributed by atoms with Crippen LogP contribution in [0.15, 0.2) is 18.2 Å².